The lowest BCUT2D eigenvalue weighted by Crippen LogP contribution is -2.31. The molecule has 0 spiro atoms. The number of piperidine rings is 1. The van der Waals surface area contributed by atoms with Crippen LogP contribution < -0.4 is 5.32 Å². The molecule has 1 aliphatic heterocycles. The van der Waals surface area contributed by atoms with E-state index in [1.807, 2.05) is 12.1 Å². The highest BCUT2D eigenvalue weighted by Crippen LogP contribution is 2.37. The molecule has 1 unspecified atom stereocenters. The summed E-state index contributed by atoms with van der Waals surface area (Å²) in [7, 11) is 0. The zero-order valence-electron chi connectivity index (χ0n) is 15.5. The molecule has 0 aliphatic carbocycles. The molecule has 1 aliphatic rings. The van der Waals surface area contributed by atoms with Gasteiger partial charge in [0.15, 0.2) is 0 Å². The maximum Gasteiger partial charge on any atom is 0.490 e. The van der Waals surface area contributed by atoms with E-state index in [1.54, 1.807) is 12.1 Å². The predicted octanol–water partition coefficient (Wildman–Crippen LogP) is 4.90. The Bertz CT molecular complexity index is 706. The molecule has 152 valence electrons. The van der Waals surface area contributed by atoms with E-state index in [0.717, 1.165) is 13.1 Å². The molecule has 1 heterocycles. The van der Waals surface area contributed by atoms with Crippen molar-refractivity contribution in [1.82, 2.24) is 5.32 Å². The number of carbonyl (C=O) groups is 1. The number of halogens is 4. The van der Waals surface area contributed by atoms with Gasteiger partial charge in [-0.3, -0.25) is 0 Å². The smallest absolute Gasteiger partial charge is 0.475 e. The van der Waals surface area contributed by atoms with Crippen LogP contribution in [0.15, 0.2) is 48.5 Å². The van der Waals surface area contributed by atoms with E-state index in [2.05, 4.69) is 36.5 Å². The number of benzene rings is 2. The van der Waals surface area contributed by atoms with E-state index in [0.29, 0.717) is 11.8 Å². The van der Waals surface area contributed by atoms with Crippen LogP contribution in [0, 0.1) is 18.7 Å². The fraction of sp³-hybridized carbons (Fsp3) is 0.381. The second-order valence-corrected chi connectivity index (χ2v) is 6.83. The van der Waals surface area contributed by atoms with Crippen molar-refractivity contribution in [2.75, 3.05) is 13.1 Å². The first-order chi connectivity index (χ1) is 13.2. The van der Waals surface area contributed by atoms with Crippen LogP contribution in [0.5, 0.6) is 0 Å². The number of rotatable bonds is 3. The molecular formula is C21H23F4NO2. The second-order valence-electron chi connectivity index (χ2n) is 6.83. The number of aryl methyl sites for hydroxylation is 1. The average molecular weight is 397 g/mol. The highest BCUT2D eigenvalue weighted by atomic mass is 19.4. The van der Waals surface area contributed by atoms with Gasteiger partial charge in [0.2, 0.25) is 0 Å². The maximum absolute atomic E-state index is 13.2. The molecule has 1 fully saturated rings. The number of hydrogen-bond acceptors (Lipinski definition) is 2. The molecule has 28 heavy (non-hydrogen) atoms. The molecule has 0 radical (unpaired) electrons. The molecule has 7 heteroatoms. The van der Waals surface area contributed by atoms with Crippen LogP contribution in [0.1, 0.15) is 35.4 Å². The molecule has 2 aromatic carbocycles. The minimum atomic E-state index is -5.08. The number of aliphatic carboxylic acids is 1. The summed E-state index contributed by atoms with van der Waals surface area (Å²) in [4.78, 5) is 8.90. The van der Waals surface area contributed by atoms with Gasteiger partial charge in [-0.2, -0.15) is 13.2 Å². The summed E-state index contributed by atoms with van der Waals surface area (Å²) >= 11 is 0. The van der Waals surface area contributed by atoms with Gasteiger partial charge in [0.25, 0.3) is 0 Å². The lowest BCUT2D eigenvalue weighted by Gasteiger charge is -2.31. The van der Waals surface area contributed by atoms with E-state index < -0.39 is 12.1 Å². The van der Waals surface area contributed by atoms with E-state index in [-0.39, 0.29) is 5.82 Å². The summed E-state index contributed by atoms with van der Waals surface area (Å²) in [6.07, 6.45) is -2.73. The fourth-order valence-corrected chi connectivity index (χ4v) is 3.36. The van der Waals surface area contributed by atoms with Crippen molar-refractivity contribution in [3.63, 3.8) is 0 Å². The normalized spacial score (nSPS) is 16.0. The molecule has 2 N–H and O–H groups in total. The molecule has 1 saturated heterocycles. The van der Waals surface area contributed by atoms with Crippen molar-refractivity contribution in [2.45, 2.75) is 31.9 Å². The van der Waals surface area contributed by atoms with Gasteiger partial charge in [-0.25, -0.2) is 9.18 Å². The first-order valence-corrected chi connectivity index (χ1v) is 9.01. The van der Waals surface area contributed by atoms with Crippen LogP contribution in [0.4, 0.5) is 17.6 Å². The van der Waals surface area contributed by atoms with Crippen LogP contribution in [0.3, 0.4) is 0 Å². The van der Waals surface area contributed by atoms with E-state index >= 15 is 0 Å². The van der Waals surface area contributed by atoms with Gasteiger partial charge in [0, 0.05) is 5.92 Å². The number of hydrogen-bond donors (Lipinski definition) is 2. The molecule has 2 aromatic rings. The van der Waals surface area contributed by atoms with Crippen molar-refractivity contribution in [1.29, 1.82) is 0 Å². The topological polar surface area (TPSA) is 49.3 Å². The largest absolute Gasteiger partial charge is 0.490 e. The predicted molar refractivity (Wildman–Crippen MR) is 98.7 cm³/mol. The third-order valence-corrected chi connectivity index (χ3v) is 4.76. The number of carboxylic acid groups (broad SMARTS) is 1. The Hall–Kier alpha value is -2.41. The van der Waals surface area contributed by atoms with E-state index in [9.17, 15) is 17.6 Å². The van der Waals surface area contributed by atoms with Crippen LogP contribution in [-0.4, -0.2) is 30.3 Å². The quantitative estimate of drug-likeness (QED) is 0.725. The van der Waals surface area contributed by atoms with Crippen LogP contribution in [-0.2, 0) is 4.79 Å². The van der Waals surface area contributed by atoms with Crippen molar-refractivity contribution < 1.29 is 27.5 Å². The summed E-state index contributed by atoms with van der Waals surface area (Å²) < 4.78 is 45.0. The minimum Gasteiger partial charge on any atom is -0.475 e. The van der Waals surface area contributed by atoms with Crippen LogP contribution in [0.25, 0.3) is 0 Å². The van der Waals surface area contributed by atoms with Gasteiger partial charge in [-0.1, -0.05) is 42.0 Å². The highest BCUT2D eigenvalue weighted by Gasteiger charge is 2.38. The lowest BCUT2D eigenvalue weighted by atomic mass is 9.76. The first kappa shape index (κ1) is 21.9. The SMILES string of the molecule is Cc1ccc(C(c2ccc(F)cc2)C2CCNCC2)cc1.O=C(O)C(F)(F)F. The first-order valence-electron chi connectivity index (χ1n) is 9.01. The molecular weight excluding hydrogens is 374 g/mol. The number of nitrogens with one attached hydrogen (secondary N) is 1. The molecule has 3 rings (SSSR count). The molecule has 3 nitrogen and oxygen atoms in total. The Morgan fingerprint density at radius 2 is 1.43 bits per heavy atom. The monoisotopic (exact) mass is 397 g/mol. The summed E-state index contributed by atoms with van der Waals surface area (Å²) in [6.45, 7) is 4.27. The van der Waals surface area contributed by atoms with Crippen molar-refractivity contribution >= 4 is 5.97 Å². The molecule has 0 saturated carbocycles. The number of carboxylic acids is 1. The van der Waals surface area contributed by atoms with Gasteiger partial charge < -0.3 is 10.4 Å². The van der Waals surface area contributed by atoms with E-state index in [1.165, 1.54) is 29.5 Å². The third kappa shape index (κ3) is 6.34. The molecule has 0 amide bonds. The van der Waals surface area contributed by atoms with Crippen LogP contribution >= 0.6 is 0 Å². The lowest BCUT2D eigenvalue weighted by molar-refractivity contribution is -0.192. The highest BCUT2D eigenvalue weighted by molar-refractivity contribution is 5.73. The maximum atomic E-state index is 13.2. The summed E-state index contributed by atoms with van der Waals surface area (Å²) in [5, 5.41) is 10.6. The van der Waals surface area contributed by atoms with Crippen molar-refractivity contribution in [3.8, 4) is 0 Å². The van der Waals surface area contributed by atoms with Crippen molar-refractivity contribution in [2.24, 2.45) is 5.92 Å². The van der Waals surface area contributed by atoms with Gasteiger partial charge in [0.1, 0.15) is 5.82 Å². The summed E-state index contributed by atoms with van der Waals surface area (Å²) in [6, 6.07) is 15.9. The average Bonchev–Trinajstić information content (AvgIpc) is 2.66. The van der Waals surface area contributed by atoms with E-state index in [4.69, 9.17) is 9.90 Å². The second kappa shape index (κ2) is 9.68. The standard InChI is InChI=1S/C19H22FN.C2HF3O2/c1-14-2-4-15(5-3-14)19(17-10-12-21-13-11-17)16-6-8-18(20)9-7-16;3-2(4,5)1(6)7/h2-9,17,19,21H,10-13H2,1H3;(H,6,7). The Kier molecular flexibility index (Phi) is 7.57. The van der Waals surface area contributed by atoms with Gasteiger partial charge in [-0.05, 0) is 62.0 Å². The Morgan fingerprint density at radius 1 is 1.00 bits per heavy atom. The van der Waals surface area contributed by atoms with Crippen molar-refractivity contribution in [3.05, 3.63) is 71.0 Å². The van der Waals surface area contributed by atoms with Gasteiger partial charge >= 0.3 is 12.1 Å². The van der Waals surface area contributed by atoms with Gasteiger partial charge in [-0.15, -0.1) is 0 Å². The Labute approximate surface area is 161 Å². The fourth-order valence-electron chi connectivity index (χ4n) is 3.36. The summed E-state index contributed by atoms with van der Waals surface area (Å²) in [5.74, 6) is -1.92. The molecule has 0 aromatic heterocycles. The molecule has 0 bridgehead atoms. The number of alkyl halides is 3. The zero-order valence-corrected chi connectivity index (χ0v) is 15.5. The zero-order chi connectivity index (χ0) is 20.7. The van der Waals surface area contributed by atoms with Gasteiger partial charge in [0.05, 0.1) is 0 Å². The Morgan fingerprint density at radius 3 is 1.86 bits per heavy atom. The molecule has 1 atom stereocenters. The Balaban J connectivity index is 0.000000345. The third-order valence-electron chi connectivity index (χ3n) is 4.76. The summed E-state index contributed by atoms with van der Waals surface area (Å²) in [5.41, 5.74) is 3.85. The minimum absolute atomic E-state index is 0.160. The van der Waals surface area contributed by atoms with Crippen LogP contribution in [0.2, 0.25) is 0 Å².